The van der Waals surface area contributed by atoms with E-state index in [4.69, 9.17) is 0 Å². The zero-order valence-electron chi connectivity index (χ0n) is 30.7. The summed E-state index contributed by atoms with van der Waals surface area (Å²) in [7, 11) is 0. The van der Waals surface area contributed by atoms with Crippen LogP contribution in [0.3, 0.4) is 0 Å². The van der Waals surface area contributed by atoms with E-state index in [1.54, 1.807) is 26.0 Å². The van der Waals surface area contributed by atoms with Gasteiger partial charge in [-0.2, -0.15) is 0 Å². The molecular formula is C52H27NO4. The van der Waals surface area contributed by atoms with E-state index >= 15 is 0 Å². The number of ketones is 2. The molecule has 57 heavy (non-hydrogen) atoms. The van der Waals surface area contributed by atoms with Crippen LogP contribution in [0.1, 0.15) is 55.3 Å². The molecular weight excluding hydrogens is 703 g/mol. The second-order valence-corrected chi connectivity index (χ2v) is 15.7. The molecule has 5 heteroatoms. The molecule has 12 aromatic carbocycles. The molecule has 2 amide bonds. The summed E-state index contributed by atoms with van der Waals surface area (Å²) >= 11 is 0. The number of hydrogen-bond donors (Lipinski definition) is 0. The second-order valence-electron chi connectivity index (χ2n) is 15.7. The lowest BCUT2D eigenvalue weighted by atomic mass is 9.80. The van der Waals surface area contributed by atoms with Gasteiger partial charge in [0.25, 0.3) is 11.8 Å². The van der Waals surface area contributed by atoms with E-state index in [0.29, 0.717) is 27.9 Å². The Bertz CT molecular complexity index is 3680. The molecule has 0 saturated heterocycles. The molecule has 0 saturated carbocycles. The number of hydrogen-bond acceptors (Lipinski definition) is 4. The van der Waals surface area contributed by atoms with E-state index in [-0.39, 0.29) is 23.4 Å². The molecule has 5 nitrogen and oxygen atoms in total. The predicted molar refractivity (Wildman–Crippen MR) is 233 cm³/mol. The fourth-order valence-electron chi connectivity index (χ4n) is 10.8. The fraction of sp³-hybridized carbons (Fsp3) is 0.0385. The predicted octanol–water partition coefficient (Wildman–Crippen LogP) is 12.7. The third kappa shape index (κ3) is 3.52. The minimum atomic E-state index is -0.313. The summed E-state index contributed by atoms with van der Waals surface area (Å²) in [5.74, 6) is -0.748. The molecule has 12 aromatic rings. The summed E-state index contributed by atoms with van der Waals surface area (Å²) < 4.78 is 0. The van der Waals surface area contributed by atoms with Crippen molar-refractivity contribution in [1.29, 1.82) is 0 Å². The number of fused-ring (bicyclic) bond motifs is 6. The van der Waals surface area contributed by atoms with Crippen LogP contribution in [0.2, 0.25) is 0 Å². The van der Waals surface area contributed by atoms with Crippen LogP contribution in [0.4, 0.5) is 5.69 Å². The van der Waals surface area contributed by atoms with Gasteiger partial charge in [-0.05, 0) is 135 Å². The highest BCUT2D eigenvalue weighted by atomic mass is 16.2. The fourth-order valence-corrected chi connectivity index (χ4v) is 10.8. The number of carbonyl (C=O) groups is 4. The molecule has 0 aliphatic carbocycles. The number of imide groups is 1. The van der Waals surface area contributed by atoms with Gasteiger partial charge < -0.3 is 0 Å². The van der Waals surface area contributed by atoms with Gasteiger partial charge >= 0.3 is 0 Å². The first kappa shape index (κ1) is 30.8. The number of anilines is 1. The Balaban J connectivity index is 1.14. The lowest BCUT2D eigenvalue weighted by Gasteiger charge is -2.28. The van der Waals surface area contributed by atoms with Crippen molar-refractivity contribution >= 4 is 137 Å². The number of nitrogens with zero attached hydrogens (tertiary/aromatic N) is 1. The Hall–Kier alpha value is -7.50. The van der Waals surface area contributed by atoms with Crippen molar-refractivity contribution in [3.8, 4) is 0 Å². The monoisotopic (exact) mass is 729 g/mol. The minimum Gasteiger partial charge on any atom is -0.294 e. The van der Waals surface area contributed by atoms with E-state index < -0.39 is 0 Å². The molecule has 1 aliphatic rings. The summed E-state index contributed by atoms with van der Waals surface area (Å²) in [6, 6.07) is 42.7. The normalized spacial score (nSPS) is 13.6. The van der Waals surface area contributed by atoms with Crippen molar-refractivity contribution in [2.75, 3.05) is 4.90 Å². The van der Waals surface area contributed by atoms with Crippen molar-refractivity contribution < 1.29 is 19.2 Å². The molecule has 0 bridgehead atoms. The Morgan fingerprint density at radius 3 is 0.947 bits per heavy atom. The van der Waals surface area contributed by atoms with Crippen LogP contribution in [0.25, 0.3) is 108 Å². The maximum atomic E-state index is 14.1. The standard InChI is InChI=1S/C52H27NO4/c1-24(54)27-8-10-29-31-12-14-33-35-16-18-37-39-20-22-41-50-42(52(57)53(51(41)56)26-6-4-3-5-7-26)23-21-40(49(39)50)38-19-17-36(47(35)48(37)38)34-15-13-32(45(31)46(33)34)30-11-9-28(25(2)55)43(27)44(29)30/h3-23H,1-2H3. The number of benzene rings is 12. The highest BCUT2D eigenvalue weighted by Crippen LogP contribution is 2.51. The van der Waals surface area contributed by atoms with Crippen molar-refractivity contribution in [3.05, 3.63) is 150 Å². The van der Waals surface area contributed by atoms with Crippen molar-refractivity contribution in [1.82, 2.24) is 0 Å². The molecule has 264 valence electrons. The van der Waals surface area contributed by atoms with Crippen LogP contribution in [-0.4, -0.2) is 23.4 Å². The lowest BCUT2D eigenvalue weighted by Crippen LogP contribution is -2.40. The molecule has 0 spiro atoms. The van der Waals surface area contributed by atoms with Crippen LogP contribution in [0, 0.1) is 0 Å². The van der Waals surface area contributed by atoms with Gasteiger partial charge in [-0.15, -0.1) is 0 Å². The Kier molecular flexibility index (Phi) is 5.52. The van der Waals surface area contributed by atoms with E-state index in [0.717, 1.165) is 86.2 Å². The van der Waals surface area contributed by atoms with Gasteiger partial charge in [-0.1, -0.05) is 103 Å². The summed E-state index contributed by atoms with van der Waals surface area (Å²) in [6.07, 6.45) is 0. The maximum Gasteiger partial charge on any atom is 0.265 e. The number of para-hydroxylation sites is 1. The highest BCUT2D eigenvalue weighted by molar-refractivity contribution is 6.48. The topological polar surface area (TPSA) is 71.5 Å². The number of rotatable bonds is 3. The van der Waals surface area contributed by atoms with E-state index in [1.807, 2.05) is 42.5 Å². The molecule has 0 N–H and O–H groups in total. The quantitative estimate of drug-likeness (QED) is 0.0785. The van der Waals surface area contributed by atoms with Crippen LogP contribution >= 0.6 is 0 Å². The van der Waals surface area contributed by atoms with Gasteiger partial charge in [0.2, 0.25) is 0 Å². The van der Waals surface area contributed by atoms with Gasteiger partial charge in [-0.25, -0.2) is 4.90 Å². The lowest BCUT2D eigenvalue weighted by molar-refractivity contribution is 0.0891. The number of carbonyl (C=O) groups excluding carboxylic acids is 4. The zero-order chi connectivity index (χ0) is 38.2. The first-order chi connectivity index (χ1) is 27.8. The number of Topliss-reactive ketones (excluding diaryl/α,β-unsaturated/α-hetero) is 2. The van der Waals surface area contributed by atoms with Gasteiger partial charge in [0.05, 0.1) is 5.69 Å². The average molecular weight is 730 g/mol. The van der Waals surface area contributed by atoms with Gasteiger partial charge in [-0.3, -0.25) is 19.2 Å². The summed E-state index contributed by atoms with van der Waals surface area (Å²) in [6.45, 7) is 3.13. The van der Waals surface area contributed by atoms with E-state index in [2.05, 4.69) is 72.8 Å². The Labute approximate surface area is 323 Å². The largest absolute Gasteiger partial charge is 0.294 e. The molecule has 0 fully saturated rings. The molecule has 13 rings (SSSR count). The first-order valence-corrected chi connectivity index (χ1v) is 19.2. The van der Waals surface area contributed by atoms with Crippen molar-refractivity contribution in [2.24, 2.45) is 0 Å². The van der Waals surface area contributed by atoms with Crippen LogP contribution in [0.15, 0.2) is 127 Å². The van der Waals surface area contributed by atoms with Crippen LogP contribution in [0.5, 0.6) is 0 Å². The van der Waals surface area contributed by atoms with Gasteiger partial charge in [0.1, 0.15) is 0 Å². The first-order valence-electron chi connectivity index (χ1n) is 19.2. The maximum absolute atomic E-state index is 14.1. The Morgan fingerprint density at radius 1 is 0.333 bits per heavy atom. The Morgan fingerprint density at radius 2 is 0.614 bits per heavy atom. The smallest absolute Gasteiger partial charge is 0.265 e. The highest BCUT2D eigenvalue weighted by Gasteiger charge is 2.35. The van der Waals surface area contributed by atoms with E-state index in [9.17, 15) is 19.2 Å². The SMILES string of the molecule is CC(=O)c1ccc2c3ccc4c5ccc6c7ccc8c9c(ccc(c%10ccc(c%11ccc(c%12ccc(C(C)=O)c1c2%12)c3c4%11)c5c6%10)c97)C(=O)N(c1ccccc1)C8=O. The molecule has 0 atom stereocenters. The minimum absolute atomic E-state index is 0.0616. The zero-order valence-corrected chi connectivity index (χ0v) is 30.7. The number of amides is 2. The summed E-state index contributed by atoms with van der Waals surface area (Å²) in [5, 5.41) is 21.2. The van der Waals surface area contributed by atoms with Crippen LogP contribution < -0.4 is 4.90 Å². The summed E-state index contributed by atoms with van der Waals surface area (Å²) in [4.78, 5) is 55.3. The van der Waals surface area contributed by atoms with E-state index in [1.165, 1.54) is 26.4 Å². The third-order valence-electron chi connectivity index (χ3n) is 13.0. The van der Waals surface area contributed by atoms with Crippen LogP contribution in [-0.2, 0) is 0 Å². The molecule has 0 unspecified atom stereocenters. The van der Waals surface area contributed by atoms with Crippen molar-refractivity contribution in [2.45, 2.75) is 13.8 Å². The van der Waals surface area contributed by atoms with Gasteiger partial charge in [0.15, 0.2) is 11.6 Å². The molecule has 0 radical (unpaired) electrons. The third-order valence-corrected chi connectivity index (χ3v) is 13.0. The average Bonchev–Trinajstić information content (AvgIpc) is 3.23. The molecule has 0 aromatic heterocycles. The van der Waals surface area contributed by atoms with Crippen molar-refractivity contribution in [3.63, 3.8) is 0 Å². The molecule has 1 heterocycles. The summed E-state index contributed by atoms with van der Waals surface area (Å²) in [5.41, 5.74) is 2.76. The molecule has 1 aliphatic heterocycles. The van der Waals surface area contributed by atoms with Gasteiger partial charge in [0, 0.05) is 33.0 Å². The second kappa shape index (κ2) is 10.2.